The molecule has 2 aliphatic rings. The summed E-state index contributed by atoms with van der Waals surface area (Å²) < 4.78 is 5.45. The number of nitrogens with one attached hydrogen (secondary N) is 1. The first-order valence-electron chi connectivity index (χ1n) is 9.04. The normalized spacial score (nSPS) is 18.0. The Hall–Kier alpha value is -2.04. The zero-order chi connectivity index (χ0) is 16.9. The summed E-state index contributed by atoms with van der Waals surface area (Å²) in [6, 6.07) is 5.48. The van der Waals surface area contributed by atoms with Crippen molar-refractivity contribution >= 4 is 23.2 Å². The van der Waals surface area contributed by atoms with Crippen molar-refractivity contribution in [3.8, 4) is 5.75 Å². The SMILES string of the molecule is CCN1C(=O)COc2ccc(NC(=O)CCC3CCCCC3)cc21. The van der Waals surface area contributed by atoms with Crippen LogP contribution in [0, 0.1) is 5.92 Å². The van der Waals surface area contributed by atoms with Crippen molar-refractivity contribution in [1.82, 2.24) is 0 Å². The summed E-state index contributed by atoms with van der Waals surface area (Å²) in [6.45, 7) is 2.60. The number of amides is 2. The van der Waals surface area contributed by atoms with Crippen molar-refractivity contribution in [1.29, 1.82) is 0 Å². The van der Waals surface area contributed by atoms with Gasteiger partial charge in [-0.2, -0.15) is 0 Å². The number of anilines is 2. The van der Waals surface area contributed by atoms with Gasteiger partial charge in [0.05, 0.1) is 5.69 Å². The minimum Gasteiger partial charge on any atom is -0.482 e. The van der Waals surface area contributed by atoms with Crippen LogP contribution in [0.4, 0.5) is 11.4 Å². The molecule has 1 aromatic carbocycles. The molecule has 1 aromatic rings. The highest BCUT2D eigenvalue weighted by Crippen LogP contribution is 2.34. The van der Waals surface area contributed by atoms with Crippen molar-refractivity contribution in [2.75, 3.05) is 23.4 Å². The van der Waals surface area contributed by atoms with Crippen molar-refractivity contribution < 1.29 is 14.3 Å². The van der Waals surface area contributed by atoms with Gasteiger partial charge in [0, 0.05) is 18.7 Å². The third-order valence-corrected chi connectivity index (χ3v) is 5.01. The fraction of sp³-hybridized carbons (Fsp3) is 0.579. The molecule has 0 saturated heterocycles. The van der Waals surface area contributed by atoms with Crippen molar-refractivity contribution in [3.63, 3.8) is 0 Å². The summed E-state index contributed by atoms with van der Waals surface area (Å²) >= 11 is 0. The maximum absolute atomic E-state index is 12.2. The first-order chi connectivity index (χ1) is 11.7. The summed E-state index contributed by atoms with van der Waals surface area (Å²) in [7, 11) is 0. The van der Waals surface area contributed by atoms with Gasteiger partial charge >= 0.3 is 0 Å². The van der Waals surface area contributed by atoms with Gasteiger partial charge in [-0.1, -0.05) is 32.1 Å². The molecule has 24 heavy (non-hydrogen) atoms. The lowest BCUT2D eigenvalue weighted by Gasteiger charge is -2.28. The lowest BCUT2D eigenvalue weighted by atomic mass is 9.86. The Balaban J connectivity index is 1.60. The largest absolute Gasteiger partial charge is 0.482 e. The second kappa shape index (κ2) is 7.69. The molecule has 0 spiro atoms. The van der Waals surface area contributed by atoms with Gasteiger partial charge in [0.15, 0.2) is 6.61 Å². The topological polar surface area (TPSA) is 58.6 Å². The van der Waals surface area contributed by atoms with Crippen molar-refractivity contribution in [3.05, 3.63) is 18.2 Å². The molecule has 1 heterocycles. The highest BCUT2D eigenvalue weighted by atomic mass is 16.5. The summed E-state index contributed by atoms with van der Waals surface area (Å²) in [6.07, 6.45) is 8.00. The van der Waals surface area contributed by atoms with E-state index in [2.05, 4.69) is 5.32 Å². The molecule has 1 aliphatic carbocycles. The predicted molar refractivity (Wildman–Crippen MR) is 94.4 cm³/mol. The summed E-state index contributed by atoms with van der Waals surface area (Å²) in [5.41, 5.74) is 1.46. The molecule has 0 bridgehead atoms. The molecule has 1 N–H and O–H groups in total. The molecular weight excluding hydrogens is 304 g/mol. The second-order valence-electron chi connectivity index (χ2n) is 6.70. The van der Waals surface area contributed by atoms with Gasteiger partial charge in [-0.3, -0.25) is 9.59 Å². The van der Waals surface area contributed by atoms with Gasteiger partial charge in [-0.25, -0.2) is 0 Å². The van der Waals surface area contributed by atoms with Gasteiger partial charge < -0.3 is 15.0 Å². The Bertz CT molecular complexity index is 609. The van der Waals surface area contributed by atoms with E-state index < -0.39 is 0 Å². The van der Waals surface area contributed by atoms with Crippen LogP contribution in [0.25, 0.3) is 0 Å². The first kappa shape index (κ1) is 16.8. The van der Waals surface area contributed by atoms with E-state index in [9.17, 15) is 9.59 Å². The number of ether oxygens (including phenoxy) is 1. The van der Waals surface area contributed by atoms with Crippen LogP contribution in [0.1, 0.15) is 51.9 Å². The third kappa shape index (κ3) is 3.89. The highest BCUT2D eigenvalue weighted by Gasteiger charge is 2.24. The van der Waals surface area contributed by atoms with Crippen LogP contribution in [-0.4, -0.2) is 25.0 Å². The number of nitrogens with zero attached hydrogens (tertiary/aromatic N) is 1. The molecule has 0 unspecified atom stereocenters. The Labute approximate surface area is 143 Å². The van der Waals surface area contributed by atoms with Crippen molar-refractivity contribution in [2.24, 2.45) is 5.92 Å². The minimum absolute atomic E-state index is 0.0478. The summed E-state index contributed by atoms with van der Waals surface area (Å²) in [5, 5.41) is 2.96. The van der Waals surface area contributed by atoms with E-state index in [1.807, 2.05) is 25.1 Å². The zero-order valence-corrected chi connectivity index (χ0v) is 14.3. The maximum Gasteiger partial charge on any atom is 0.265 e. The van der Waals surface area contributed by atoms with Gasteiger partial charge in [0.25, 0.3) is 5.91 Å². The van der Waals surface area contributed by atoms with Crippen LogP contribution in [0.3, 0.4) is 0 Å². The van der Waals surface area contributed by atoms with E-state index in [4.69, 9.17) is 4.74 Å². The zero-order valence-electron chi connectivity index (χ0n) is 14.3. The number of hydrogen-bond donors (Lipinski definition) is 1. The summed E-state index contributed by atoms with van der Waals surface area (Å²) in [4.78, 5) is 25.8. The van der Waals surface area contributed by atoms with E-state index >= 15 is 0 Å². The number of rotatable bonds is 5. The van der Waals surface area contributed by atoms with Gasteiger partial charge in [0.2, 0.25) is 5.91 Å². The smallest absolute Gasteiger partial charge is 0.265 e. The van der Waals surface area contributed by atoms with Gasteiger partial charge in [-0.05, 0) is 37.5 Å². The molecule has 5 nitrogen and oxygen atoms in total. The first-order valence-corrected chi connectivity index (χ1v) is 9.04. The van der Waals surface area contributed by atoms with Gasteiger partial charge in [-0.15, -0.1) is 0 Å². The minimum atomic E-state index is -0.0502. The van der Waals surface area contributed by atoms with Gasteiger partial charge in [0.1, 0.15) is 5.75 Å². The summed E-state index contributed by atoms with van der Waals surface area (Å²) in [5.74, 6) is 1.39. The molecule has 130 valence electrons. The molecule has 1 aliphatic heterocycles. The van der Waals surface area contributed by atoms with Crippen LogP contribution in [-0.2, 0) is 9.59 Å². The van der Waals surface area contributed by atoms with Crippen LogP contribution >= 0.6 is 0 Å². The molecule has 0 radical (unpaired) electrons. The number of fused-ring (bicyclic) bond motifs is 1. The molecule has 3 rings (SSSR count). The van der Waals surface area contributed by atoms with E-state index in [1.165, 1.54) is 32.1 Å². The molecule has 2 amide bonds. The van der Waals surface area contributed by atoms with Crippen LogP contribution in [0.5, 0.6) is 5.75 Å². The predicted octanol–water partition coefficient (Wildman–Crippen LogP) is 3.73. The quantitative estimate of drug-likeness (QED) is 0.895. The maximum atomic E-state index is 12.2. The van der Waals surface area contributed by atoms with E-state index in [0.29, 0.717) is 24.6 Å². The van der Waals surface area contributed by atoms with Crippen LogP contribution in [0.2, 0.25) is 0 Å². The fourth-order valence-electron chi connectivity index (χ4n) is 3.66. The monoisotopic (exact) mass is 330 g/mol. The van der Waals surface area contributed by atoms with E-state index in [0.717, 1.165) is 17.8 Å². The molecule has 1 fully saturated rings. The fourth-order valence-corrected chi connectivity index (χ4v) is 3.66. The Kier molecular flexibility index (Phi) is 5.38. The Morgan fingerprint density at radius 1 is 1.29 bits per heavy atom. The van der Waals surface area contributed by atoms with E-state index in [-0.39, 0.29) is 18.4 Å². The number of benzene rings is 1. The Morgan fingerprint density at radius 3 is 2.83 bits per heavy atom. The lowest BCUT2D eigenvalue weighted by Crippen LogP contribution is -2.38. The van der Waals surface area contributed by atoms with Crippen LogP contribution in [0.15, 0.2) is 18.2 Å². The number of hydrogen-bond acceptors (Lipinski definition) is 3. The number of likely N-dealkylation sites (N-methyl/N-ethyl adjacent to an activating group) is 1. The van der Waals surface area contributed by atoms with Crippen molar-refractivity contribution in [2.45, 2.75) is 51.9 Å². The second-order valence-corrected chi connectivity index (χ2v) is 6.70. The van der Waals surface area contributed by atoms with Crippen LogP contribution < -0.4 is 15.0 Å². The molecule has 0 atom stereocenters. The molecule has 5 heteroatoms. The molecule has 1 saturated carbocycles. The average molecular weight is 330 g/mol. The molecular formula is C19H26N2O3. The lowest BCUT2D eigenvalue weighted by molar-refractivity contribution is -0.121. The number of carbonyl (C=O) groups is 2. The molecule has 0 aromatic heterocycles. The Morgan fingerprint density at radius 2 is 2.08 bits per heavy atom. The third-order valence-electron chi connectivity index (χ3n) is 5.01. The highest BCUT2D eigenvalue weighted by molar-refractivity contribution is 5.99. The van der Waals surface area contributed by atoms with E-state index in [1.54, 1.807) is 4.90 Å². The number of carbonyl (C=O) groups excluding carboxylic acids is 2. The average Bonchev–Trinajstić information content (AvgIpc) is 2.61. The standard InChI is InChI=1S/C19H26N2O3/c1-2-21-16-12-15(9-10-17(16)24-13-19(21)23)20-18(22)11-8-14-6-4-3-5-7-14/h9-10,12,14H,2-8,11,13H2,1H3,(H,20,22).